The molecule has 2 atom stereocenters. The van der Waals surface area contributed by atoms with Gasteiger partial charge in [0, 0.05) is 37.0 Å². The number of hydrogen-bond donors (Lipinski definition) is 3. The molecule has 136 valence electrons. The minimum atomic E-state index is -0.645. The molecule has 2 heterocycles. The van der Waals surface area contributed by atoms with Crippen LogP contribution in [-0.2, 0) is 11.2 Å². The number of rotatable bonds is 6. The summed E-state index contributed by atoms with van der Waals surface area (Å²) >= 11 is 0. The number of aromatic nitrogens is 1. The molecular weight excluding hydrogens is 328 g/mol. The molecule has 2 aromatic rings. The van der Waals surface area contributed by atoms with Crippen molar-refractivity contribution < 1.29 is 9.59 Å². The van der Waals surface area contributed by atoms with Gasteiger partial charge in [0.2, 0.25) is 5.91 Å². The van der Waals surface area contributed by atoms with E-state index in [1.54, 1.807) is 36.7 Å². The minimum absolute atomic E-state index is 0.0984. The number of carbonyl (C=O) groups is 2. The molecule has 1 saturated heterocycles. The van der Waals surface area contributed by atoms with E-state index in [0.717, 1.165) is 31.5 Å². The molecule has 1 aliphatic rings. The summed E-state index contributed by atoms with van der Waals surface area (Å²) in [6, 6.07) is 12.1. The average Bonchev–Trinajstić information content (AvgIpc) is 2.69. The van der Waals surface area contributed by atoms with Crippen molar-refractivity contribution in [2.45, 2.75) is 31.3 Å². The largest absolute Gasteiger partial charge is 0.350 e. The van der Waals surface area contributed by atoms with E-state index >= 15 is 0 Å². The molecule has 6 nitrogen and oxygen atoms in total. The number of amides is 2. The zero-order chi connectivity index (χ0) is 18.2. The molecule has 1 unspecified atom stereocenters. The Labute approximate surface area is 153 Å². The van der Waals surface area contributed by atoms with E-state index in [2.05, 4.69) is 20.9 Å². The third kappa shape index (κ3) is 5.13. The van der Waals surface area contributed by atoms with Gasteiger partial charge in [-0.2, -0.15) is 0 Å². The van der Waals surface area contributed by atoms with Crippen molar-refractivity contribution in [1.29, 1.82) is 0 Å². The summed E-state index contributed by atoms with van der Waals surface area (Å²) in [4.78, 5) is 29.4. The second-order valence-corrected chi connectivity index (χ2v) is 6.51. The van der Waals surface area contributed by atoms with Gasteiger partial charge in [0.05, 0.1) is 0 Å². The van der Waals surface area contributed by atoms with Gasteiger partial charge in [0.1, 0.15) is 6.04 Å². The van der Waals surface area contributed by atoms with Gasteiger partial charge in [-0.05, 0) is 43.1 Å². The fourth-order valence-corrected chi connectivity index (χ4v) is 3.07. The Balaban J connectivity index is 1.70. The number of pyridine rings is 1. The minimum Gasteiger partial charge on any atom is -0.350 e. The van der Waals surface area contributed by atoms with Crippen molar-refractivity contribution >= 4 is 11.8 Å². The normalized spacial score (nSPS) is 17.9. The zero-order valence-electron chi connectivity index (χ0n) is 14.7. The first-order valence-corrected chi connectivity index (χ1v) is 8.98. The lowest BCUT2D eigenvalue weighted by Gasteiger charge is -2.26. The van der Waals surface area contributed by atoms with Crippen LogP contribution in [-0.4, -0.2) is 42.0 Å². The van der Waals surface area contributed by atoms with Gasteiger partial charge in [-0.25, -0.2) is 0 Å². The molecule has 3 rings (SSSR count). The fourth-order valence-electron chi connectivity index (χ4n) is 3.07. The molecule has 0 aliphatic carbocycles. The Morgan fingerprint density at radius 1 is 1.19 bits per heavy atom. The molecule has 3 N–H and O–H groups in total. The maximum atomic E-state index is 12.8. The van der Waals surface area contributed by atoms with Crippen molar-refractivity contribution in [2.75, 3.05) is 13.1 Å². The van der Waals surface area contributed by atoms with E-state index in [-0.39, 0.29) is 17.9 Å². The smallest absolute Gasteiger partial charge is 0.251 e. The number of nitrogens with one attached hydrogen (secondary N) is 3. The highest BCUT2D eigenvalue weighted by molar-refractivity contribution is 5.97. The number of nitrogens with zero attached hydrogens (tertiary/aromatic N) is 1. The summed E-state index contributed by atoms with van der Waals surface area (Å²) in [5, 5.41) is 9.21. The van der Waals surface area contributed by atoms with Crippen molar-refractivity contribution in [3.63, 3.8) is 0 Å². The highest BCUT2D eigenvalue weighted by Crippen LogP contribution is 2.07. The third-order valence-corrected chi connectivity index (χ3v) is 4.46. The second-order valence-electron chi connectivity index (χ2n) is 6.51. The summed E-state index contributed by atoms with van der Waals surface area (Å²) < 4.78 is 0. The number of benzene rings is 1. The molecule has 1 fully saturated rings. The molecule has 6 heteroatoms. The van der Waals surface area contributed by atoms with E-state index in [4.69, 9.17) is 0 Å². The molecule has 2 amide bonds. The second kappa shape index (κ2) is 9.10. The first-order valence-electron chi connectivity index (χ1n) is 8.98. The van der Waals surface area contributed by atoms with E-state index in [1.807, 2.05) is 18.2 Å². The number of piperidine rings is 1. The molecule has 0 radical (unpaired) electrons. The number of hydrogen-bond acceptors (Lipinski definition) is 4. The number of carbonyl (C=O) groups excluding carboxylic acids is 2. The molecule has 26 heavy (non-hydrogen) atoms. The van der Waals surface area contributed by atoms with E-state index in [9.17, 15) is 9.59 Å². The highest BCUT2D eigenvalue weighted by Gasteiger charge is 2.25. The molecule has 0 bridgehead atoms. The van der Waals surface area contributed by atoms with Gasteiger partial charge in [0.25, 0.3) is 5.91 Å². The van der Waals surface area contributed by atoms with Crippen LogP contribution in [0.3, 0.4) is 0 Å². The van der Waals surface area contributed by atoms with Crippen molar-refractivity contribution in [1.82, 2.24) is 20.9 Å². The van der Waals surface area contributed by atoms with E-state index in [0.29, 0.717) is 12.0 Å². The van der Waals surface area contributed by atoms with Crippen LogP contribution in [0.15, 0.2) is 54.9 Å². The summed E-state index contributed by atoms with van der Waals surface area (Å²) in [6.07, 6.45) is 5.80. The Hall–Kier alpha value is -2.73. The van der Waals surface area contributed by atoms with Crippen molar-refractivity contribution in [3.8, 4) is 0 Å². The zero-order valence-corrected chi connectivity index (χ0v) is 14.7. The van der Waals surface area contributed by atoms with Crippen LogP contribution in [0, 0.1) is 0 Å². The Kier molecular flexibility index (Phi) is 6.33. The lowest BCUT2D eigenvalue weighted by Crippen LogP contribution is -2.53. The van der Waals surface area contributed by atoms with E-state index in [1.165, 1.54) is 0 Å². The average molecular weight is 352 g/mol. The van der Waals surface area contributed by atoms with Crippen LogP contribution in [0.5, 0.6) is 0 Å². The predicted molar refractivity (Wildman–Crippen MR) is 99.7 cm³/mol. The molecule has 1 aromatic heterocycles. The SMILES string of the molecule is O=C(NC(Cc1cccnc1)C(=O)N[C@H]1CCCNC1)c1ccccc1. The van der Waals surface area contributed by atoms with Crippen molar-refractivity contribution in [2.24, 2.45) is 0 Å². The Morgan fingerprint density at radius 2 is 2.04 bits per heavy atom. The maximum absolute atomic E-state index is 12.8. The van der Waals surface area contributed by atoms with Gasteiger partial charge in [-0.3, -0.25) is 14.6 Å². The fraction of sp³-hybridized carbons (Fsp3) is 0.350. The van der Waals surface area contributed by atoms with Gasteiger partial charge in [-0.1, -0.05) is 24.3 Å². The van der Waals surface area contributed by atoms with Crippen LogP contribution in [0.1, 0.15) is 28.8 Å². The lowest BCUT2D eigenvalue weighted by atomic mass is 10.0. The first kappa shape index (κ1) is 18.1. The molecule has 0 spiro atoms. The summed E-state index contributed by atoms with van der Waals surface area (Å²) in [6.45, 7) is 1.74. The van der Waals surface area contributed by atoms with Crippen LogP contribution < -0.4 is 16.0 Å². The highest BCUT2D eigenvalue weighted by atomic mass is 16.2. The molecule has 0 saturated carbocycles. The first-order chi connectivity index (χ1) is 12.7. The summed E-state index contributed by atoms with van der Waals surface area (Å²) in [5.74, 6) is -0.414. The molecule has 1 aliphatic heterocycles. The Morgan fingerprint density at radius 3 is 2.73 bits per heavy atom. The van der Waals surface area contributed by atoms with Gasteiger partial charge < -0.3 is 16.0 Å². The van der Waals surface area contributed by atoms with Crippen LogP contribution in [0.4, 0.5) is 0 Å². The van der Waals surface area contributed by atoms with Crippen LogP contribution in [0.25, 0.3) is 0 Å². The summed E-state index contributed by atoms with van der Waals surface area (Å²) in [7, 11) is 0. The quantitative estimate of drug-likeness (QED) is 0.732. The summed E-state index contributed by atoms with van der Waals surface area (Å²) in [5.41, 5.74) is 1.44. The monoisotopic (exact) mass is 352 g/mol. The van der Waals surface area contributed by atoms with E-state index < -0.39 is 6.04 Å². The third-order valence-electron chi connectivity index (χ3n) is 4.46. The molecule has 1 aromatic carbocycles. The van der Waals surface area contributed by atoms with Gasteiger partial charge in [0.15, 0.2) is 0 Å². The van der Waals surface area contributed by atoms with Gasteiger partial charge in [-0.15, -0.1) is 0 Å². The van der Waals surface area contributed by atoms with Gasteiger partial charge >= 0.3 is 0 Å². The predicted octanol–water partition coefficient (Wildman–Crippen LogP) is 1.29. The van der Waals surface area contributed by atoms with Crippen LogP contribution >= 0.6 is 0 Å². The van der Waals surface area contributed by atoms with Crippen LogP contribution in [0.2, 0.25) is 0 Å². The topological polar surface area (TPSA) is 83.1 Å². The lowest BCUT2D eigenvalue weighted by molar-refractivity contribution is -0.123. The standard InChI is InChI=1S/C20H24N4O2/c25-19(16-7-2-1-3-8-16)24-18(12-15-6-4-10-21-13-15)20(26)23-17-9-5-11-22-14-17/h1-4,6-8,10,13,17-18,22H,5,9,11-12,14H2,(H,23,26)(H,24,25)/t17-,18?/m0/s1. The maximum Gasteiger partial charge on any atom is 0.251 e. The Bertz CT molecular complexity index is 715. The van der Waals surface area contributed by atoms with Crippen molar-refractivity contribution in [3.05, 3.63) is 66.0 Å². The molecular formula is C20H24N4O2.